The van der Waals surface area contributed by atoms with Gasteiger partial charge in [-0.15, -0.1) is 0 Å². The molecule has 0 spiro atoms. The number of rotatable bonds is 6. The number of furan rings is 1. The first-order chi connectivity index (χ1) is 11.7. The first-order valence-electron chi connectivity index (χ1n) is 8.77. The molecule has 2 aromatic rings. The van der Waals surface area contributed by atoms with Crippen LogP contribution in [0.3, 0.4) is 0 Å². The zero-order valence-electron chi connectivity index (χ0n) is 14.4. The molecule has 1 aliphatic rings. The predicted molar refractivity (Wildman–Crippen MR) is 94.2 cm³/mol. The van der Waals surface area contributed by atoms with E-state index in [0.717, 1.165) is 24.4 Å². The van der Waals surface area contributed by atoms with Crippen molar-refractivity contribution in [3.8, 4) is 0 Å². The minimum absolute atomic E-state index is 0.171. The number of benzene rings is 1. The monoisotopic (exact) mass is 326 g/mol. The standard InChI is InChI=1S/C20H26N2O2/c1-17-7-5-11-21(13-17)16-20(23)22(15-19-10-6-12-24-19)14-18-8-3-2-4-9-18/h2-4,6,8-10,12,17H,5,7,11,13-16H2,1H3. The van der Waals surface area contributed by atoms with Crippen molar-refractivity contribution in [2.24, 2.45) is 5.92 Å². The molecule has 1 amide bonds. The van der Waals surface area contributed by atoms with Crippen molar-refractivity contribution >= 4 is 5.91 Å². The van der Waals surface area contributed by atoms with Gasteiger partial charge in [0.2, 0.25) is 5.91 Å². The van der Waals surface area contributed by atoms with Crippen LogP contribution in [0, 0.1) is 5.92 Å². The molecule has 0 radical (unpaired) electrons. The zero-order valence-corrected chi connectivity index (χ0v) is 14.4. The lowest BCUT2D eigenvalue weighted by Gasteiger charge is -2.32. The van der Waals surface area contributed by atoms with E-state index in [2.05, 4.69) is 24.0 Å². The van der Waals surface area contributed by atoms with Gasteiger partial charge >= 0.3 is 0 Å². The van der Waals surface area contributed by atoms with Crippen LogP contribution in [0.15, 0.2) is 53.1 Å². The summed E-state index contributed by atoms with van der Waals surface area (Å²) >= 11 is 0. The van der Waals surface area contributed by atoms with Crippen LogP contribution in [-0.2, 0) is 17.9 Å². The molecule has 0 bridgehead atoms. The summed E-state index contributed by atoms with van der Waals surface area (Å²) in [5.41, 5.74) is 1.14. The number of carbonyl (C=O) groups excluding carboxylic acids is 1. The largest absolute Gasteiger partial charge is 0.467 e. The lowest BCUT2D eigenvalue weighted by atomic mass is 10.0. The molecule has 1 fully saturated rings. The topological polar surface area (TPSA) is 36.7 Å². The van der Waals surface area contributed by atoms with E-state index in [1.807, 2.05) is 35.2 Å². The summed E-state index contributed by atoms with van der Waals surface area (Å²) in [6.45, 7) is 5.94. The fourth-order valence-electron chi connectivity index (χ4n) is 3.35. The Kier molecular flexibility index (Phi) is 5.70. The third-order valence-corrected chi connectivity index (χ3v) is 4.60. The number of carbonyl (C=O) groups is 1. The van der Waals surface area contributed by atoms with E-state index < -0.39 is 0 Å². The fraction of sp³-hybridized carbons (Fsp3) is 0.450. The minimum Gasteiger partial charge on any atom is -0.467 e. The molecule has 2 heterocycles. The Bertz CT molecular complexity index is 624. The molecule has 1 aromatic carbocycles. The molecule has 1 unspecified atom stereocenters. The molecule has 0 aliphatic carbocycles. The van der Waals surface area contributed by atoms with Crippen molar-refractivity contribution in [2.45, 2.75) is 32.9 Å². The van der Waals surface area contributed by atoms with Crippen LogP contribution in [0.5, 0.6) is 0 Å². The summed E-state index contributed by atoms with van der Waals surface area (Å²) in [5.74, 6) is 1.68. The van der Waals surface area contributed by atoms with Crippen LogP contribution < -0.4 is 0 Å². The van der Waals surface area contributed by atoms with Gasteiger partial charge in [-0.1, -0.05) is 37.3 Å². The quantitative estimate of drug-likeness (QED) is 0.815. The van der Waals surface area contributed by atoms with Crippen molar-refractivity contribution in [1.82, 2.24) is 9.80 Å². The van der Waals surface area contributed by atoms with E-state index in [1.54, 1.807) is 6.26 Å². The van der Waals surface area contributed by atoms with Gasteiger partial charge in [0.1, 0.15) is 5.76 Å². The zero-order chi connectivity index (χ0) is 16.8. The fourth-order valence-corrected chi connectivity index (χ4v) is 3.35. The molecule has 1 aromatic heterocycles. The van der Waals surface area contributed by atoms with Gasteiger partial charge in [0.25, 0.3) is 0 Å². The number of nitrogens with zero attached hydrogens (tertiary/aromatic N) is 2. The SMILES string of the molecule is CC1CCCN(CC(=O)N(Cc2ccccc2)Cc2ccco2)C1. The molecule has 1 saturated heterocycles. The highest BCUT2D eigenvalue weighted by molar-refractivity contribution is 5.78. The average molecular weight is 326 g/mol. The number of likely N-dealkylation sites (tertiary alicyclic amines) is 1. The Balaban J connectivity index is 1.67. The number of hydrogen-bond donors (Lipinski definition) is 0. The summed E-state index contributed by atoms with van der Waals surface area (Å²) in [4.78, 5) is 17.1. The van der Waals surface area contributed by atoms with Crippen molar-refractivity contribution < 1.29 is 9.21 Å². The molecule has 1 atom stereocenters. The Morgan fingerprint density at radius 1 is 1.21 bits per heavy atom. The minimum atomic E-state index is 0.171. The van der Waals surface area contributed by atoms with Crippen LogP contribution in [0.4, 0.5) is 0 Å². The number of amides is 1. The van der Waals surface area contributed by atoms with E-state index in [9.17, 15) is 4.79 Å². The maximum absolute atomic E-state index is 12.9. The summed E-state index contributed by atoms with van der Waals surface area (Å²) < 4.78 is 5.45. The Morgan fingerprint density at radius 2 is 2.04 bits per heavy atom. The van der Waals surface area contributed by atoms with Gasteiger partial charge in [-0.05, 0) is 43.0 Å². The summed E-state index contributed by atoms with van der Waals surface area (Å²) in [6.07, 6.45) is 4.11. The Labute approximate surface area is 144 Å². The second kappa shape index (κ2) is 8.15. The second-order valence-electron chi connectivity index (χ2n) is 6.80. The molecule has 24 heavy (non-hydrogen) atoms. The summed E-state index contributed by atoms with van der Waals surface area (Å²) in [6, 6.07) is 13.9. The second-order valence-corrected chi connectivity index (χ2v) is 6.80. The lowest BCUT2D eigenvalue weighted by Crippen LogP contribution is -2.43. The first-order valence-corrected chi connectivity index (χ1v) is 8.77. The van der Waals surface area contributed by atoms with Crippen molar-refractivity contribution in [3.63, 3.8) is 0 Å². The maximum atomic E-state index is 12.9. The number of hydrogen-bond acceptors (Lipinski definition) is 3. The van der Waals surface area contributed by atoms with Crippen LogP contribution in [0.1, 0.15) is 31.1 Å². The summed E-state index contributed by atoms with van der Waals surface area (Å²) in [7, 11) is 0. The Morgan fingerprint density at radius 3 is 2.75 bits per heavy atom. The van der Waals surface area contributed by atoms with E-state index in [1.165, 1.54) is 12.8 Å². The van der Waals surface area contributed by atoms with E-state index in [0.29, 0.717) is 25.6 Å². The van der Waals surface area contributed by atoms with Gasteiger partial charge in [0.15, 0.2) is 0 Å². The predicted octanol–water partition coefficient (Wildman–Crippen LogP) is 3.54. The smallest absolute Gasteiger partial charge is 0.237 e. The molecule has 128 valence electrons. The first kappa shape index (κ1) is 16.8. The molecule has 0 saturated carbocycles. The van der Waals surface area contributed by atoms with Gasteiger partial charge < -0.3 is 9.32 Å². The molecular formula is C20H26N2O2. The van der Waals surface area contributed by atoms with Crippen molar-refractivity contribution in [3.05, 3.63) is 60.1 Å². The van der Waals surface area contributed by atoms with Gasteiger partial charge in [-0.25, -0.2) is 0 Å². The van der Waals surface area contributed by atoms with Gasteiger partial charge in [-0.3, -0.25) is 9.69 Å². The van der Waals surface area contributed by atoms with E-state index >= 15 is 0 Å². The van der Waals surface area contributed by atoms with Gasteiger partial charge in [-0.2, -0.15) is 0 Å². The van der Waals surface area contributed by atoms with Gasteiger partial charge in [0, 0.05) is 13.1 Å². The lowest BCUT2D eigenvalue weighted by molar-refractivity contribution is -0.134. The normalized spacial score (nSPS) is 18.5. The van der Waals surface area contributed by atoms with Crippen molar-refractivity contribution in [1.29, 1.82) is 0 Å². The molecule has 1 aliphatic heterocycles. The third kappa shape index (κ3) is 4.71. The van der Waals surface area contributed by atoms with E-state index in [-0.39, 0.29) is 5.91 Å². The molecule has 3 rings (SSSR count). The van der Waals surface area contributed by atoms with Crippen LogP contribution in [0.2, 0.25) is 0 Å². The number of piperidine rings is 1. The molecule has 0 N–H and O–H groups in total. The molecule has 4 heteroatoms. The van der Waals surface area contributed by atoms with Crippen LogP contribution in [0.25, 0.3) is 0 Å². The van der Waals surface area contributed by atoms with Crippen LogP contribution in [-0.4, -0.2) is 35.3 Å². The average Bonchev–Trinajstić information content (AvgIpc) is 3.08. The van der Waals surface area contributed by atoms with Crippen LogP contribution >= 0.6 is 0 Å². The highest BCUT2D eigenvalue weighted by Gasteiger charge is 2.22. The molecular weight excluding hydrogens is 300 g/mol. The van der Waals surface area contributed by atoms with Crippen molar-refractivity contribution in [2.75, 3.05) is 19.6 Å². The maximum Gasteiger partial charge on any atom is 0.237 e. The highest BCUT2D eigenvalue weighted by Crippen LogP contribution is 2.17. The van der Waals surface area contributed by atoms with E-state index in [4.69, 9.17) is 4.42 Å². The highest BCUT2D eigenvalue weighted by atomic mass is 16.3. The Hall–Kier alpha value is -2.07. The summed E-state index contributed by atoms with van der Waals surface area (Å²) in [5, 5.41) is 0. The van der Waals surface area contributed by atoms with Gasteiger partial charge in [0.05, 0.1) is 19.4 Å². The molecule has 4 nitrogen and oxygen atoms in total. The third-order valence-electron chi connectivity index (χ3n) is 4.60.